The van der Waals surface area contributed by atoms with Gasteiger partial charge < -0.3 is 4.98 Å². The van der Waals surface area contributed by atoms with Crippen molar-refractivity contribution in [3.63, 3.8) is 0 Å². The first-order valence-electron chi connectivity index (χ1n) is 9.62. The van der Waals surface area contributed by atoms with Gasteiger partial charge >= 0.3 is 0 Å². The zero-order chi connectivity index (χ0) is 18.8. The first-order chi connectivity index (χ1) is 13.9. The Kier molecular flexibility index (Phi) is 4.40. The third-order valence-electron chi connectivity index (χ3n) is 5.18. The molecule has 0 fully saturated rings. The maximum Gasteiger partial charge on any atom is 0.181 e. The molecule has 0 saturated carbocycles. The molecule has 0 radical (unpaired) electrons. The maximum atomic E-state index is 4.94. The average molecular weight is 375 g/mol. The van der Waals surface area contributed by atoms with Crippen LogP contribution in [0, 0.1) is 0 Å². The van der Waals surface area contributed by atoms with Gasteiger partial charge in [0.25, 0.3) is 0 Å². The number of aryl methyl sites for hydroxylation is 3. The lowest BCUT2D eigenvalue weighted by atomic mass is 10.0. The van der Waals surface area contributed by atoms with Crippen LogP contribution in [-0.2, 0) is 19.5 Å². The molecule has 5 rings (SSSR count). The van der Waals surface area contributed by atoms with E-state index in [-0.39, 0.29) is 5.92 Å². The van der Waals surface area contributed by atoms with Crippen molar-refractivity contribution in [2.45, 2.75) is 44.7 Å². The van der Waals surface area contributed by atoms with Crippen LogP contribution in [0.2, 0.25) is 0 Å². The van der Waals surface area contributed by atoms with Gasteiger partial charge in [-0.15, -0.1) is 5.10 Å². The molecule has 0 unspecified atom stereocenters. The van der Waals surface area contributed by atoms with Crippen LogP contribution >= 0.6 is 0 Å². The molecule has 0 saturated heterocycles. The fourth-order valence-electron chi connectivity index (χ4n) is 3.74. The number of H-pyrrole nitrogens is 1. The van der Waals surface area contributed by atoms with Crippen molar-refractivity contribution in [1.82, 2.24) is 44.9 Å². The molecule has 0 aliphatic carbocycles. The highest BCUT2D eigenvalue weighted by Gasteiger charge is 2.29. The molecular weight excluding hydrogens is 354 g/mol. The van der Waals surface area contributed by atoms with Crippen LogP contribution in [0.1, 0.15) is 42.5 Å². The summed E-state index contributed by atoms with van der Waals surface area (Å²) >= 11 is 0. The van der Waals surface area contributed by atoms with Crippen LogP contribution in [0.5, 0.6) is 0 Å². The molecule has 0 bridgehead atoms. The third kappa shape index (κ3) is 3.19. The second-order valence-electron chi connectivity index (χ2n) is 7.02. The largest absolute Gasteiger partial charge is 0.348 e. The molecule has 4 aromatic rings. The van der Waals surface area contributed by atoms with Gasteiger partial charge in [0.1, 0.15) is 5.82 Å². The van der Waals surface area contributed by atoms with E-state index in [1.165, 1.54) is 0 Å². The summed E-state index contributed by atoms with van der Waals surface area (Å²) in [6.07, 6.45) is 7.50. The second kappa shape index (κ2) is 7.34. The number of nitrogens with one attached hydrogen (secondary N) is 1. The van der Waals surface area contributed by atoms with E-state index in [0.29, 0.717) is 0 Å². The Morgan fingerprint density at radius 3 is 2.89 bits per heavy atom. The topological polar surface area (TPSA) is 103 Å². The molecule has 142 valence electrons. The molecule has 9 nitrogen and oxygen atoms in total. The van der Waals surface area contributed by atoms with Gasteiger partial charge in [0, 0.05) is 37.0 Å². The van der Waals surface area contributed by atoms with Crippen LogP contribution < -0.4 is 0 Å². The van der Waals surface area contributed by atoms with Crippen LogP contribution in [-0.4, -0.2) is 44.9 Å². The van der Waals surface area contributed by atoms with Crippen molar-refractivity contribution in [2.75, 3.05) is 0 Å². The second-order valence-corrected chi connectivity index (χ2v) is 7.02. The van der Waals surface area contributed by atoms with E-state index in [1.807, 2.05) is 45.9 Å². The number of hydrogen-bond donors (Lipinski definition) is 1. The smallest absolute Gasteiger partial charge is 0.181 e. The Morgan fingerprint density at radius 2 is 2.04 bits per heavy atom. The highest BCUT2D eigenvalue weighted by Crippen LogP contribution is 2.31. The molecule has 3 aromatic heterocycles. The monoisotopic (exact) mass is 375 g/mol. The summed E-state index contributed by atoms with van der Waals surface area (Å²) in [4.78, 5) is 12.2. The number of fused-ring (bicyclic) bond motifs is 1. The summed E-state index contributed by atoms with van der Waals surface area (Å²) in [7, 11) is 0. The van der Waals surface area contributed by atoms with Crippen LogP contribution in [0.3, 0.4) is 0 Å². The zero-order valence-corrected chi connectivity index (χ0v) is 15.4. The first-order valence-corrected chi connectivity index (χ1v) is 9.62. The van der Waals surface area contributed by atoms with E-state index < -0.39 is 0 Å². The lowest BCUT2D eigenvalue weighted by Crippen LogP contribution is -2.16. The summed E-state index contributed by atoms with van der Waals surface area (Å²) in [5.41, 5.74) is 2.09. The minimum absolute atomic E-state index is 0.0456. The average Bonchev–Trinajstić information content (AvgIpc) is 3.47. The molecule has 1 aliphatic rings. The molecule has 1 aliphatic heterocycles. The van der Waals surface area contributed by atoms with E-state index >= 15 is 0 Å². The SMILES string of the molecule is c1ccc(-c2nc([C@@H]3CCCCn4nnnc43)n(CCc3cnc[nH]3)n2)cc1. The summed E-state index contributed by atoms with van der Waals surface area (Å²) < 4.78 is 3.92. The van der Waals surface area contributed by atoms with Gasteiger partial charge in [0.2, 0.25) is 0 Å². The van der Waals surface area contributed by atoms with E-state index in [4.69, 9.17) is 10.1 Å². The van der Waals surface area contributed by atoms with Crippen molar-refractivity contribution < 1.29 is 0 Å². The molecular formula is C19H21N9. The van der Waals surface area contributed by atoms with Crippen molar-refractivity contribution in [1.29, 1.82) is 0 Å². The van der Waals surface area contributed by atoms with Gasteiger partial charge in [-0.1, -0.05) is 36.8 Å². The van der Waals surface area contributed by atoms with Gasteiger partial charge in [0.15, 0.2) is 11.6 Å². The number of imidazole rings is 1. The predicted octanol–water partition coefficient (Wildman–Crippen LogP) is 2.21. The molecule has 4 heterocycles. The highest BCUT2D eigenvalue weighted by molar-refractivity contribution is 5.54. The zero-order valence-electron chi connectivity index (χ0n) is 15.4. The van der Waals surface area contributed by atoms with Crippen LogP contribution in [0.4, 0.5) is 0 Å². The highest BCUT2D eigenvalue weighted by atomic mass is 15.5. The number of rotatable bonds is 5. The number of aromatic amines is 1. The van der Waals surface area contributed by atoms with E-state index in [2.05, 4.69) is 25.5 Å². The lowest BCUT2D eigenvalue weighted by Gasteiger charge is -2.13. The molecule has 0 amide bonds. The van der Waals surface area contributed by atoms with Gasteiger partial charge in [0.05, 0.1) is 12.2 Å². The Bertz CT molecular complexity index is 1030. The summed E-state index contributed by atoms with van der Waals surface area (Å²) in [6.45, 7) is 1.57. The minimum atomic E-state index is 0.0456. The van der Waals surface area contributed by atoms with Gasteiger partial charge in [-0.25, -0.2) is 19.3 Å². The van der Waals surface area contributed by atoms with Gasteiger partial charge in [-0.2, -0.15) is 5.10 Å². The van der Waals surface area contributed by atoms with Crippen molar-refractivity contribution >= 4 is 0 Å². The number of hydrogen-bond acceptors (Lipinski definition) is 6. The predicted molar refractivity (Wildman–Crippen MR) is 101 cm³/mol. The fourth-order valence-corrected chi connectivity index (χ4v) is 3.74. The van der Waals surface area contributed by atoms with E-state index in [1.54, 1.807) is 6.33 Å². The van der Waals surface area contributed by atoms with Gasteiger partial charge in [-0.3, -0.25) is 0 Å². The van der Waals surface area contributed by atoms with Crippen LogP contribution in [0.15, 0.2) is 42.9 Å². The summed E-state index contributed by atoms with van der Waals surface area (Å²) in [6, 6.07) is 10.1. The van der Waals surface area contributed by atoms with Gasteiger partial charge in [-0.05, 0) is 23.3 Å². The Labute approximate surface area is 161 Å². The Hall–Kier alpha value is -3.36. The molecule has 9 heteroatoms. The molecule has 1 aromatic carbocycles. The molecule has 1 N–H and O–H groups in total. The van der Waals surface area contributed by atoms with Crippen molar-refractivity contribution in [3.8, 4) is 11.4 Å². The number of aromatic nitrogens is 9. The normalized spacial score (nSPS) is 16.6. The Morgan fingerprint density at radius 1 is 1.11 bits per heavy atom. The molecule has 28 heavy (non-hydrogen) atoms. The lowest BCUT2D eigenvalue weighted by molar-refractivity contribution is 0.526. The molecule has 0 spiro atoms. The number of benzene rings is 1. The number of nitrogens with zero attached hydrogens (tertiary/aromatic N) is 8. The van der Waals surface area contributed by atoms with E-state index in [0.717, 1.165) is 67.5 Å². The quantitative estimate of drug-likeness (QED) is 0.574. The molecule has 1 atom stereocenters. The summed E-state index contributed by atoms with van der Waals surface area (Å²) in [5.74, 6) is 2.59. The van der Waals surface area contributed by atoms with Crippen molar-refractivity contribution in [3.05, 3.63) is 60.2 Å². The standard InChI is InChI=1S/C19H21N9/c1-2-6-14(7-3-1)17-22-18(27(24-17)11-9-15-12-20-13-21-15)16-8-4-5-10-28-19(16)23-25-26-28/h1-3,6-7,12-13,16H,4-5,8-11H2,(H,20,21)/t16-/m0/s1. The fraction of sp³-hybridized carbons (Fsp3) is 0.368. The Balaban J connectivity index is 1.54. The third-order valence-corrected chi connectivity index (χ3v) is 5.18. The van der Waals surface area contributed by atoms with Crippen LogP contribution in [0.25, 0.3) is 11.4 Å². The minimum Gasteiger partial charge on any atom is -0.348 e. The number of tetrazole rings is 1. The maximum absolute atomic E-state index is 4.94. The first kappa shape index (κ1) is 16.8. The summed E-state index contributed by atoms with van der Waals surface area (Å²) in [5, 5.41) is 17.2. The van der Waals surface area contributed by atoms with E-state index in [9.17, 15) is 0 Å². The van der Waals surface area contributed by atoms with Crippen molar-refractivity contribution in [2.24, 2.45) is 0 Å².